The number of allylic oxidation sites excluding steroid dienone is 2. The SMILES string of the molecule is CN(Cc1nnc(SCCOc2ccccc2)n1C)C[C@H]1CC=CCC1. The first-order valence-electron chi connectivity index (χ1n) is 9.25. The second-order valence-corrected chi connectivity index (χ2v) is 7.88. The number of hydrogen-bond acceptors (Lipinski definition) is 5. The zero-order valence-electron chi connectivity index (χ0n) is 15.7. The quantitative estimate of drug-likeness (QED) is 0.381. The molecule has 0 saturated heterocycles. The Morgan fingerprint density at radius 1 is 1.23 bits per heavy atom. The Morgan fingerprint density at radius 2 is 2.08 bits per heavy atom. The van der Waals surface area contributed by atoms with Gasteiger partial charge in [0, 0.05) is 19.3 Å². The summed E-state index contributed by atoms with van der Waals surface area (Å²) >= 11 is 1.69. The normalized spacial score (nSPS) is 17.0. The van der Waals surface area contributed by atoms with E-state index in [1.807, 2.05) is 37.4 Å². The molecule has 0 spiro atoms. The van der Waals surface area contributed by atoms with Gasteiger partial charge in [-0.05, 0) is 44.4 Å². The van der Waals surface area contributed by atoms with Crippen LogP contribution >= 0.6 is 11.8 Å². The smallest absolute Gasteiger partial charge is 0.191 e. The molecule has 1 atom stereocenters. The monoisotopic (exact) mass is 372 g/mol. The number of para-hydroxylation sites is 1. The van der Waals surface area contributed by atoms with Crippen LogP contribution in [0, 0.1) is 5.92 Å². The van der Waals surface area contributed by atoms with E-state index < -0.39 is 0 Å². The van der Waals surface area contributed by atoms with E-state index in [-0.39, 0.29) is 0 Å². The Kier molecular flexibility index (Phi) is 7.14. The first-order chi connectivity index (χ1) is 12.7. The Labute approximate surface area is 160 Å². The minimum Gasteiger partial charge on any atom is -0.493 e. The van der Waals surface area contributed by atoms with Crippen molar-refractivity contribution in [1.82, 2.24) is 19.7 Å². The number of ether oxygens (including phenoxy) is 1. The van der Waals surface area contributed by atoms with Gasteiger partial charge >= 0.3 is 0 Å². The highest BCUT2D eigenvalue weighted by atomic mass is 32.2. The summed E-state index contributed by atoms with van der Waals surface area (Å²) in [6.07, 6.45) is 8.32. The summed E-state index contributed by atoms with van der Waals surface area (Å²) in [5, 5.41) is 9.67. The van der Waals surface area contributed by atoms with E-state index in [9.17, 15) is 0 Å². The summed E-state index contributed by atoms with van der Waals surface area (Å²) < 4.78 is 7.83. The summed E-state index contributed by atoms with van der Waals surface area (Å²) in [7, 11) is 4.22. The average molecular weight is 373 g/mol. The highest BCUT2D eigenvalue weighted by Gasteiger charge is 2.15. The largest absolute Gasteiger partial charge is 0.493 e. The van der Waals surface area contributed by atoms with Crippen molar-refractivity contribution in [2.45, 2.75) is 31.0 Å². The molecule has 0 amide bonds. The third-order valence-electron chi connectivity index (χ3n) is 4.61. The van der Waals surface area contributed by atoms with Gasteiger partial charge in [-0.3, -0.25) is 4.90 Å². The molecule has 1 aromatic carbocycles. The molecule has 0 aliphatic heterocycles. The molecule has 0 radical (unpaired) electrons. The van der Waals surface area contributed by atoms with E-state index in [2.05, 4.69) is 38.9 Å². The average Bonchev–Trinajstić information content (AvgIpc) is 3.00. The van der Waals surface area contributed by atoms with Crippen LogP contribution in [0.25, 0.3) is 0 Å². The number of rotatable bonds is 9. The van der Waals surface area contributed by atoms with Crippen molar-refractivity contribution in [3.8, 4) is 5.75 Å². The van der Waals surface area contributed by atoms with Crippen molar-refractivity contribution >= 4 is 11.8 Å². The van der Waals surface area contributed by atoms with Crippen molar-refractivity contribution in [1.29, 1.82) is 0 Å². The maximum Gasteiger partial charge on any atom is 0.191 e. The van der Waals surface area contributed by atoms with Gasteiger partial charge in [0.25, 0.3) is 0 Å². The summed E-state index contributed by atoms with van der Waals surface area (Å²) in [6.45, 7) is 2.61. The first-order valence-corrected chi connectivity index (χ1v) is 10.2. The first kappa shape index (κ1) is 19.0. The molecule has 1 aromatic heterocycles. The van der Waals surface area contributed by atoms with Crippen LogP contribution in [0.2, 0.25) is 0 Å². The third-order valence-corrected chi connectivity index (χ3v) is 5.59. The van der Waals surface area contributed by atoms with Gasteiger partial charge in [-0.2, -0.15) is 0 Å². The minimum atomic E-state index is 0.659. The molecular weight excluding hydrogens is 344 g/mol. The zero-order chi connectivity index (χ0) is 18.2. The van der Waals surface area contributed by atoms with Gasteiger partial charge in [-0.15, -0.1) is 10.2 Å². The molecule has 0 bridgehead atoms. The molecule has 0 fully saturated rings. The van der Waals surface area contributed by atoms with Gasteiger partial charge in [-0.25, -0.2) is 0 Å². The van der Waals surface area contributed by atoms with Crippen LogP contribution in [0.1, 0.15) is 25.1 Å². The predicted octanol–water partition coefficient (Wildman–Crippen LogP) is 3.77. The van der Waals surface area contributed by atoms with E-state index in [1.165, 1.54) is 19.3 Å². The molecule has 0 saturated carbocycles. The highest BCUT2D eigenvalue weighted by molar-refractivity contribution is 7.99. The Hall–Kier alpha value is -1.79. The molecule has 0 unspecified atom stereocenters. The van der Waals surface area contributed by atoms with Crippen molar-refractivity contribution in [3.05, 3.63) is 48.3 Å². The Morgan fingerprint density at radius 3 is 2.85 bits per heavy atom. The molecular formula is C20H28N4OS. The molecule has 6 heteroatoms. The molecule has 2 aromatic rings. The molecule has 140 valence electrons. The van der Waals surface area contributed by atoms with Crippen LogP contribution in [0.15, 0.2) is 47.6 Å². The highest BCUT2D eigenvalue weighted by Crippen LogP contribution is 2.20. The number of thioether (sulfide) groups is 1. The second-order valence-electron chi connectivity index (χ2n) is 6.82. The van der Waals surface area contributed by atoms with Crippen molar-refractivity contribution < 1.29 is 4.74 Å². The molecule has 1 heterocycles. The topological polar surface area (TPSA) is 43.2 Å². The van der Waals surface area contributed by atoms with Crippen molar-refractivity contribution in [2.75, 3.05) is 26.0 Å². The van der Waals surface area contributed by atoms with Gasteiger partial charge in [0.2, 0.25) is 0 Å². The van der Waals surface area contributed by atoms with Crippen LogP contribution in [-0.4, -0.2) is 45.6 Å². The standard InChI is InChI=1S/C20H28N4OS/c1-23(15-17-9-5-3-6-10-17)16-19-21-22-20(24(19)2)26-14-13-25-18-11-7-4-8-12-18/h3-5,7-8,11-12,17H,6,9-10,13-16H2,1-2H3/t17-/m0/s1. The van der Waals surface area contributed by atoms with Crippen molar-refractivity contribution in [3.63, 3.8) is 0 Å². The molecule has 26 heavy (non-hydrogen) atoms. The number of hydrogen-bond donors (Lipinski definition) is 0. The number of aromatic nitrogens is 3. The van der Waals surface area contributed by atoms with Gasteiger partial charge in [-0.1, -0.05) is 42.1 Å². The number of benzene rings is 1. The summed E-state index contributed by atoms with van der Waals surface area (Å²) in [4.78, 5) is 2.36. The molecule has 5 nitrogen and oxygen atoms in total. The van der Waals surface area contributed by atoms with Crippen LogP contribution in [0.4, 0.5) is 0 Å². The maximum atomic E-state index is 5.73. The second kappa shape index (κ2) is 9.78. The van der Waals surface area contributed by atoms with E-state index >= 15 is 0 Å². The summed E-state index contributed by atoms with van der Waals surface area (Å²) in [5.74, 6) is 3.55. The van der Waals surface area contributed by atoms with Crippen LogP contribution in [0.3, 0.4) is 0 Å². The van der Waals surface area contributed by atoms with E-state index in [4.69, 9.17) is 4.74 Å². The van der Waals surface area contributed by atoms with Gasteiger partial charge in [0.05, 0.1) is 13.2 Å². The Balaban J connectivity index is 1.42. The fraction of sp³-hybridized carbons (Fsp3) is 0.500. The third kappa shape index (κ3) is 5.61. The lowest BCUT2D eigenvalue weighted by atomic mass is 9.94. The van der Waals surface area contributed by atoms with E-state index in [1.54, 1.807) is 11.8 Å². The lowest BCUT2D eigenvalue weighted by Gasteiger charge is -2.24. The summed E-state index contributed by atoms with van der Waals surface area (Å²) in [5.41, 5.74) is 0. The maximum absolute atomic E-state index is 5.73. The Bertz CT molecular complexity index is 701. The van der Waals surface area contributed by atoms with E-state index in [0.717, 1.165) is 41.5 Å². The molecule has 3 rings (SSSR count). The minimum absolute atomic E-state index is 0.659. The van der Waals surface area contributed by atoms with Gasteiger partial charge in [0.1, 0.15) is 11.6 Å². The zero-order valence-corrected chi connectivity index (χ0v) is 16.5. The molecule has 0 N–H and O–H groups in total. The fourth-order valence-electron chi connectivity index (χ4n) is 3.19. The van der Waals surface area contributed by atoms with Crippen LogP contribution < -0.4 is 4.74 Å². The molecule has 1 aliphatic carbocycles. The van der Waals surface area contributed by atoms with Crippen molar-refractivity contribution in [2.24, 2.45) is 13.0 Å². The fourth-order valence-corrected chi connectivity index (χ4v) is 3.93. The number of nitrogens with zero attached hydrogens (tertiary/aromatic N) is 4. The van der Waals surface area contributed by atoms with Gasteiger partial charge < -0.3 is 9.30 Å². The summed E-state index contributed by atoms with van der Waals surface area (Å²) in [6, 6.07) is 9.91. The predicted molar refractivity (Wildman–Crippen MR) is 106 cm³/mol. The van der Waals surface area contributed by atoms with Crippen LogP contribution in [0.5, 0.6) is 5.75 Å². The lowest BCUT2D eigenvalue weighted by molar-refractivity contribution is 0.251. The van der Waals surface area contributed by atoms with Gasteiger partial charge in [0.15, 0.2) is 5.16 Å². The van der Waals surface area contributed by atoms with Crippen LogP contribution in [-0.2, 0) is 13.6 Å². The lowest BCUT2D eigenvalue weighted by Crippen LogP contribution is -2.27. The molecule has 1 aliphatic rings. The van der Waals surface area contributed by atoms with E-state index in [0.29, 0.717) is 6.61 Å².